The monoisotopic (exact) mass is 507 g/mol. The maximum absolute atomic E-state index is 12.7. The fourth-order valence-corrected chi connectivity index (χ4v) is 8.47. The van der Waals surface area contributed by atoms with Crippen molar-refractivity contribution in [2.24, 2.45) is 0 Å². The van der Waals surface area contributed by atoms with E-state index in [1.54, 1.807) is 60.7 Å². The molecule has 0 amide bonds. The van der Waals surface area contributed by atoms with Crippen molar-refractivity contribution in [2.45, 2.75) is 20.0 Å². The van der Waals surface area contributed by atoms with Crippen LogP contribution in [0.15, 0.2) is 60.7 Å². The molecule has 0 radical (unpaired) electrons. The first-order valence-corrected chi connectivity index (χ1v) is 14.3. The number of carbonyl (C=O) groups excluding carboxylic acids is 2. The molecule has 0 aliphatic carbocycles. The van der Waals surface area contributed by atoms with Crippen LogP contribution in [0.5, 0.6) is 0 Å². The molecule has 2 aromatic rings. The molecule has 1 saturated heterocycles. The Morgan fingerprint density at radius 1 is 1.00 bits per heavy atom. The van der Waals surface area contributed by atoms with Crippen LogP contribution in [0.25, 0.3) is 0 Å². The van der Waals surface area contributed by atoms with Crippen LogP contribution < -0.4 is 0 Å². The molecule has 1 heterocycles. The van der Waals surface area contributed by atoms with Gasteiger partial charge in [-0.05, 0) is 0 Å². The summed E-state index contributed by atoms with van der Waals surface area (Å²) in [5.74, 6) is -1.25. The molecule has 1 atom stereocenters. The molecule has 0 spiro atoms. The zero-order chi connectivity index (χ0) is 20.7. The van der Waals surface area contributed by atoms with Gasteiger partial charge in [-0.3, -0.25) is 0 Å². The number of hydrogen-bond acceptors (Lipinski definition) is 7. The van der Waals surface area contributed by atoms with E-state index in [0.717, 1.165) is 6.54 Å². The molecule has 7 nitrogen and oxygen atoms in total. The van der Waals surface area contributed by atoms with Crippen molar-refractivity contribution in [3.8, 4) is 0 Å². The first-order chi connectivity index (χ1) is 14.0. The van der Waals surface area contributed by atoms with E-state index in [9.17, 15) is 9.59 Å². The van der Waals surface area contributed by atoms with E-state index in [1.807, 2.05) is 6.92 Å². The predicted molar refractivity (Wildman–Crippen MR) is 108 cm³/mol. The number of carbonyl (C=O) groups is 2. The van der Waals surface area contributed by atoms with Crippen molar-refractivity contribution < 1.29 is 21.9 Å². The van der Waals surface area contributed by atoms with E-state index in [2.05, 4.69) is 11.8 Å². The zero-order valence-corrected chi connectivity index (χ0v) is 19.4. The molecular weight excluding hydrogens is 481 g/mol. The van der Waals surface area contributed by atoms with Crippen LogP contribution in [0.3, 0.4) is 0 Å². The first kappa shape index (κ1) is 21.8. The summed E-state index contributed by atoms with van der Waals surface area (Å²) in [4.78, 5) is 27.6. The van der Waals surface area contributed by atoms with Gasteiger partial charge in [0.05, 0.1) is 0 Å². The number of rotatable bonds is 5. The van der Waals surface area contributed by atoms with Crippen LogP contribution in [0.1, 0.15) is 34.6 Å². The molecular formula is C21H25NO6Sn. The second-order valence-electron chi connectivity index (χ2n) is 6.68. The Morgan fingerprint density at radius 3 is 2.00 bits per heavy atom. The van der Waals surface area contributed by atoms with Gasteiger partial charge in [-0.1, -0.05) is 0 Å². The Labute approximate surface area is 176 Å². The van der Waals surface area contributed by atoms with Crippen molar-refractivity contribution in [3.63, 3.8) is 0 Å². The fraction of sp³-hybridized carbons (Fsp3) is 0.333. The van der Waals surface area contributed by atoms with Crippen molar-refractivity contribution >= 4 is 32.0 Å². The molecule has 29 heavy (non-hydrogen) atoms. The van der Waals surface area contributed by atoms with E-state index in [0.29, 0.717) is 24.2 Å². The van der Waals surface area contributed by atoms with Crippen molar-refractivity contribution in [2.75, 3.05) is 26.2 Å². The second kappa shape index (κ2) is 10.2. The van der Waals surface area contributed by atoms with Crippen molar-refractivity contribution in [1.82, 2.24) is 4.90 Å². The van der Waals surface area contributed by atoms with E-state index < -0.39 is 32.0 Å². The van der Waals surface area contributed by atoms with Gasteiger partial charge < -0.3 is 0 Å². The minimum atomic E-state index is -5.02. The van der Waals surface area contributed by atoms with Gasteiger partial charge >= 0.3 is 177 Å². The molecule has 1 fully saturated rings. The molecule has 2 aromatic carbocycles. The summed E-state index contributed by atoms with van der Waals surface area (Å²) in [5.41, 5.74) is 0.688. The van der Waals surface area contributed by atoms with Crippen LogP contribution in [-0.2, 0) is 12.3 Å². The summed E-state index contributed by atoms with van der Waals surface area (Å²) in [6.45, 7) is 6.26. The van der Waals surface area contributed by atoms with Crippen LogP contribution in [0, 0.1) is 0 Å². The third kappa shape index (κ3) is 6.02. The molecule has 0 bridgehead atoms. The first-order valence-electron chi connectivity index (χ1n) is 9.62. The van der Waals surface area contributed by atoms with Gasteiger partial charge in [0, 0.05) is 0 Å². The average Bonchev–Trinajstić information content (AvgIpc) is 2.73. The Morgan fingerprint density at radius 2 is 1.52 bits per heavy atom. The third-order valence-corrected chi connectivity index (χ3v) is 10.5. The van der Waals surface area contributed by atoms with Gasteiger partial charge in [0.15, 0.2) is 0 Å². The molecule has 154 valence electrons. The normalized spacial score (nSPS) is 19.6. The maximum atomic E-state index is 12.7. The van der Waals surface area contributed by atoms with Crippen LogP contribution >= 0.6 is 0 Å². The minimum absolute atomic E-state index is 0.251. The Hall–Kier alpha value is -1.94. The van der Waals surface area contributed by atoms with E-state index in [-0.39, 0.29) is 12.7 Å². The van der Waals surface area contributed by atoms with Gasteiger partial charge in [0.25, 0.3) is 0 Å². The molecule has 1 unspecified atom stereocenters. The number of benzene rings is 2. The Balaban J connectivity index is 1.85. The molecule has 0 aromatic heterocycles. The van der Waals surface area contributed by atoms with Crippen molar-refractivity contribution in [1.29, 1.82) is 0 Å². The predicted octanol–water partition coefficient (Wildman–Crippen LogP) is 2.89. The summed E-state index contributed by atoms with van der Waals surface area (Å²) in [6.07, 6.45) is -0.321. The van der Waals surface area contributed by atoms with E-state index in [1.165, 1.54) is 0 Å². The molecule has 3 rings (SSSR count). The summed E-state index contributed by atoms with van der Waals surface area (Å²) < 4.78 is 23.4. The second-order valence-corrected chi connectivity index (χ2v) is 12.2. The van der Waals surface area contributed by atoms with Gasteiger partial charge in [0.1, 0.15) is 0 Å². The molecule has 1 aliphatic rings. The zero-order valence-electron chi connectivity index (χ0n) is 16.6. The molecule has 1 aliphatic heterocycles. The quantitative estimate of drug-likeness (QED) is 0.578. The van der Waals surface area contributed by atoms with Gasteiger partial charge in [-0.25, -0.2) is 0 Å². The Bertz CT molecular complexity index is 763. The third-order valence-electron chi connectivity index (χ3n) is 4.45. The van der Waals surface area contributed by atoms with Gasteiger partial charge in [-0.15, -0.1) is 0 Å². The number of hydrogen-bond donors (Lipinski definition) is 0. The standard InChI is InChI=1S/C7H15NO2.2C7H6O2.Sn/c1-3-8(4-5-9)6-7(2)10;2*8-7(9)6-4-2-1-3-5-6;/h7H,3-6H2,1-2H3;2*1-5H,(H,8,9);/q-2;;;+4/p-2. The van der Waals surface area contributed by atoms with Crippen LogP contribution in [0.4, 0.5) is 0 Å². The SMILES string of the molecule is CCN1CC[O][Sn]([O]C(=O)c2ccccc2)([O]C(=O)c2ccccc2)[O]C(C)C1. The van der Waals surface area contributed by atoms with Crippen LogP contribution in [0.2, 0.25) is 0 Å². The van der Waals surface area contributed by atoms with E-state index in [4.69, 9.17) is 12.3 Å². The average molecular weight is 506 g/mol. The van der Waals surface area contributed by atoms with Crippen molar-refractivity contribution in [3.05, 3.63) is 71.8 Å². The molecule has 8 heteroatoms. The topological polar surface area (TPSA) is 74.3 Å². The summed E-state index contributed by atoms with van der Waals surface area (Å²) in [7, 11) is 0. The van der Waals surface area contributed by atoms with Crippen LogP contribution in [-0.4, -0.2) is 69.2 Å². The van der Waals surface area contributed by atoms with E-state index >= 15 is 0 Å². The number of likely N-dealkylation sites (N-methyl/N-ethyl adjacent to an activating group) is 1. The Kier molecular flexibility index (Phi) is 7.65. The van der Waals surface area contributed by atoms with Gasteiger partial charge in [0.2, 0.25) is 0 Å². The summed E-state index contributed by atoms with van der Waals surface area (Å²) in [5, 5.41) is 0. The molecule has 0 N–H and O–H groups in total. The summed E-state index contributed by atoms with van der Waals surface area (Å²) >= 11 is -5.02. The number of nitrogens with zero attached hydrogens (tertiary/aromatic N) is 1. The fourth-order valence-electron chi connectivity index (χ4n) is 2.98. The summed E-state index contributed by atoms with van der Waals surface area (Å²) in [6, 6.07) is 17.1. The van der Waals surface area contributed by atoms with Gasteiger partial charge in [-0.2, -0.15) is 0 Å². The molecule has 0 saturated carbocycles.